The molecule has 0 aliphatic carbocycles. The first-order valence-electron chi connectivity index (χ1n) is 6.63. The van der Waals surface area contributed by atoms with Crippen LogP contribution in [0, 0.1) is 13.8 Å². The molecule has 0 saturated carbocycles. The molecule has 108 valence electrons. The van der Waals surface area contributed by atoms with E-state index in [4.69, 9.17) is 10.6 Å². The maximum Gasteiger partial charge on any atom is 0.137 e. The summed E-state index contributed by atoms with van der Waals surface area (Å²) in [7, 11) is 0. The van der Waals surface area contributed by atoms with Crippen molar-refractivity contribution in [3.63, 3.8) is 0 Å². The Morgan fingerprint density at radius 2 is 2.20 bits per heavy atom. The molecule has 0 fully saturated rings. The number of hydrogen-bond donors (Lipinski definition) is 2. The van der Waals surface area contributed by atoms with E-state index in [0.717, 1.165) is 33.3 Å². The van der Waals surface area contributed by atoms with Crippen molar-refractivity contribution >= 4 is 11.3 Å². The van der Waals surface area contributed by atoms with Gasteiger partial charge in [0.25, 0.3) is 0 Å². The van der Waals surface area contributed by atoms with Crippen LogP contribution < -0.4 is 16.0 Å². The molecule has 1 atom stereocenters. The van der Waals surface area contributed by atoms with Crippen LogP contribution in [-0.4, -0.2) is 16.6 Å². The molecule has 6 heteroatoms. The van der Waals surface area contributed by atoms with Crippen molar-refractivity contribution in [2.45, 2.75) is 33.2 Å². The number of hydrazine groups is 1. The summed E-state index contributed by atoms with van der Waals surface area (Å²) in [6.07, 6.45) is 4.49. The van der Waals surface area contributed by atoms with Crippen LogP contribution in [0.4, 0.5) is 0 Å². The molecule has 1 unspecified atom stereocenters. The third kappa shape index (κ3) is 3.33. The summed E-state index contributed by atoms with van der Waals surface area (Å²) in [5, 5.41) is 1.03. The number of ether oxygens (including phenoxy) is 1. The lowest BCUT2D eigenvalue weighted by molar-refractivity contribution is 0.315. The van der Waals surface area contributed by atoms with E-state index in [1.165, 1.54) is 0 Å². The monoisotopic (exact) mass is 292 g/mol. The number of rotatable bonds is 6. The number of aromatic nitrogens is 2. The number of nitrogens with zero attached hydrogens (tertiary/aromatic N) is 2. The van der Waals surface area contributed by atoms with Gasteiger partial charge in [-0.05, 0) is 31.9 Å². The zero-order valence-corrected chi connectivity index (χ0v) is 12.8. The quantitative estimate of drug-likeness (QED) is 0.632. The number of nitrogens with two attached hydrogens (primary N) is 1. The fraction of sp³-hybridized carbons (Fsp3) is 0.429. The van der Waals surface area contributed by atoms with Gasteiger partial charge < -0.3 is 4.74 Å². The maximum absolute atomic E-state index is 5.73. The molecule has 0 amide bonds. The zero-order chi connectivity index (χ0) is 14.5. The van der Waals surface area contributed by atoms with E-state index in [0.29, 0.717) is 6.61 Å². The predicted molar refractivity (Wildman–Crippen MR) is 80.8 cm³/mol. The van der Waals surface area contributed by atoms with Crippen LogP contribution in [0.15, 0.2) is 18.5 Å². The minimum Gasteiger partial charge on any atom is -0.492 e. The average Bonchev–Trinajstić information content (AvgIpc) is 2.77. The molecule has 3 N–H and O–H groups in total. The van der Waals surface area contributed by atoms with Crippen molar-refractivity contribution in [3.8, 4) is 5.75 Å². The van der Waals surface area contributed by atoms with Gasteiger partial charge in [-0.3, -0.25) is 10.8 Å². The molecule has 2 aromatic rings. The fourth-order valence-electron chi connectivity index (χ4n) is 2.03. The Hall–Kier alpha value is -1.50. The molecule has 0 aliphatic rings. The Morgan fingerprint density at radius 3 is 2.80 bits per heavy atom. The maximum atomic E-state index is 5.73. The Balaban J connectivity index is 2.29. The summed E-state index contributed by atoms with van der Waals surface area (Å²) < 4.78 is 5.62. The molecule has 20 heavy (non-hydrogen) atoms. The highest BCUT2D eigenvalue weighted by molar-refractivity contribution is 7.11. The third-order valence-corrected chi connectivity index (χ3v) is 4.05. The molecule has 5 nitrogen and oxygen atoms in total. The Kier molecular flexibility index (Phi) is 5.05. The fourth-order valence-corrected chi connectivity index (χ4v) is 3.05. The van der Waals surface area contributed by atoms with E-state index in [2.05, 4.69) is 22.3 Å². The molecule has 0 aromatic carbocycles. The topological polar surface area (TPSA) is 73.1 Å². The highest BCUT2D eigenvalue weighted by Gasteiger charge is 2.19. The zero-order valence-electron chi connectivity index (χ0n) is 12.0. The smallest absolute Gasteiger partial charge is 0.137 e. The first-order chi connectivity index (χ1) is 9.65. The summed E-state index contributed by atoms with van der Waals surface area (Å²) in [6.45, 7) is 6.75. The van der Waals surface area contributed by atoms with Crippen molar-refractivity contribution < 1.29 is 4.74 Å². The van der Waals surface area contributed by atoms with Crippen LogP contribution in [0.1, 0.15) is 40.5 Å². The number of hydrogen-bond acceptors (Lipinski definition) is 6. The van der Waals surface area contributed by atoms with Gasteiger partial charge >= 0.3 is 0 Å². The lowest BCUT2D eigenvalue weighted by Crippen LogP contribution is -2.28. The number of thiazole rings is 1. The first kappa shape index (κ1) is 14.9. The molecular weight excluding hydrogens is 272 g/mol. The van der Waals surface area contributed by atoms with Gasteiger partial charge in [0.2, 0.25) is 0 Å². The Bertz CT molecular complexity index is 570. The van der Waals surface area contributed by atoms with Gasteiger partial charge in [-0.25, -0.2) is 10.4 Å². The van der Waals surface area contributed by atoms with E-state index >= 15 is 0 Å². The van der Waals surface area contributed by atoms with Crippen molar-refractivity contribution in [3.05, 3.63) is 39.6 Å². The third-order valence-electron chi connectivity index (χ3n) is 2.91. The highest BCUT2D eigenvalue weighted by Crippen LogP contribution is 2.30. The molecule has 2 heterocycles. The van der Waals surface area contributed by atoms with Crippen LogP contribution in [0.5, 0.6) is 5.75 Å². The standard InChI is InChI=1S/C14H20N4OS/c1-4-5-19-12-6-11(7-16-8-12)13(18-15)14-9(2)17-10(3)20-14/h6-8,13,18H,4-5,15H2,1-3H3. The second kappa shape index (κ2) is 6.78. The number of pyridine rings is 1. The average molecular weight is 292 g/mol. The second-order valence-electron chi connectivity index (χ2n) is 4.58. The lowest BCUT2D eigenvalue weighted by Gasteiger charge is -2.16. The Morgan fingerprint density at radius 1 is 1.40 bits per heavy atom. The largest absolute Gasteiger partial charge is 0.492 e. The minimum absolute atomic E-state index is 0.112. The van der Waals surface area contributed by atoms with Gasteiger partial charge in [-0.2, -0.15) is 0 Å². The van der Waals surface area contributed by atoms with Gasteiger partial charge in [-0.1, -0.05) is 6.92 Å². The van der Waals surface area contributed by atoms with Crippen molar-refractivity contribution in [1.29, 1.82) is 0 Å². The van der Waals surface area contributed by atoms with Crippen LogP contribution in [-0.2, 0) is 0 Å². The van der Waals surface area contributed by atoms with Gasteiger partial charge in [0.1, 0.15) is 5.75 Å². The van der Waals surface area contributed by atoms with E-state index in [1.54, 1.807) is 23.7 Å². The second-order valence-corrected chi connectivity index (χ2v) is 5.82. The van der Waals surface area contributed by atoms with Gasteiger partial charge in [-0.15, -0.1) is 11.3 Å². The van der Waals surface area contributed by atoms with Crippen molar-refractivity contribution in [2.24, 2.45) is 5.84 Å². The number of aryl methyl sites for hydroxylation is 2. The van der Waals surface area contributed by atoms with Crippen LogP contribution in [0.25, 0.3) is 0 Å². The van der Waals surface area contributed by atoms with E-state index in [1.807, 2.05) is 19.9 Å². The summed E-state index contributed by atoms with van der Waals surface area (Å²) in [5.74, 6) is 6.49. The van der Waals surface area contributed by atoms with E-state index in [9.17, 15) is 0 Å². The predicted octanol–water partition coefficient (Wildman–Crippen LogP) is 2.50. The molecular formula is C14H20N4OS. The van der Waals surface area contributed by atoms with Crippen LogP contribution in [0.2, 0.25) is 0 Å². The minimum atomic E-state index is -0.112. The van der Waals surface area contributed by atoms with Crippen LogP contribution in [0.3, 0.4) is 0 Å². The van der Waals surface area contributed by atoms with E-state index in [-0.39, 0.29) is 6.04 Å². The van der Waals surface area contributed by atoms with E-state index < -0.39 is 0 Å². The summed E-state index contributed by atoms with van der Waals surface area (Å²) in [4.78, 5) is 9.79. The molecule has 0 bridgehead atoms. The summed E-state index contributed by atoms with van der Waals surface area (Å²) >= 11 is 1.64. The van der Waals surface area contributed by atoms with Crippen molar-refractivity contribution in [2.75, 3.05) is 6.61 Å². The van der Waals surface area contributed by atoms with Gasteiger partial charge in [0.05, 0.1) is 34.4 Å². The number of nitrogens with one attached hydrogen (secondary N) is 1. The first-order valence-corrected chi connectivity index (χ1v) is 7.45. The molecule has 2 rings (SSSR count). The Labute approximate surface area is 123 Å². The van der Waals surface area contributed by atoms with Gasteiger partial charge in [0, 0.05) is 6.20 Å². The lowest BCUT2D eigenvalue weighted by atomic mass is 10.1. The molecule has 0 radical (unpaired) electrons. The van der Waals surface area contributed by atoms with Crippen LogP contribution >= 0.6 is 11.3 Å². The molecule has 2 aromatic heterocycles. The van der Waals surface area contributed by atoms with Crippen molar-refractivity contribution in [1.82, 2.24) is 15.4 Å². The SMILES string of the molecule is CCCOc1cncc(C(NN)c2sc(C)nc2C)c1. The molecule has 0 aliphatic heterocycles. The highest BCUT2D eigenvalue weighted by atomic mass is 32.1. The normalized spacial score (nSPS) is 12.4. The molecule has 0 spiro atoms. The summed E-state index contributed by atoms with van der Waals surface area (Å²) in [6, 6.07) is 1.86. The summed E-state index contributed by atoms with van der Waals surface area (Å²) in [5.41, 5.74) is 4.82. The molecule has 0 saturated heterocycles. The van der Waals surface area contributed by atoms with Gasteiger partial charge in [0.15, 0.2) is 0 Å².